The van der Waals surface area contributed by atoms with Crippen molar-refractivity contribution < 1.29 is 4.74 Å². The number of hydrogen-bond donors (Lipinski definition) is 1. The van der Waals surface area contributed by atoms with Crippen LogP contribution in [0.15, 0.2) is 30.3 Å². The molecule has 0 aliphatic heterocycles. The van der Waals surface area contributed by atoms with Crippen molar-refractivity contribution in [2.75, 3.05) is 13.7 Å². The van der Waals surface area contributed by atoms with Gasteiger partial charge in [-0.25, -0.2) is 0 Å². The zero-order chi connectivity index (χ0) is 11.8. The van der Waals surface area contributed by atoms with Gasteiger partial charge in [0.05, 0.1) is 6.10 Å². The minimum atomic E-state index is 0.328. The maximum Gasteiger partial charge on any atom is 0.0518 e. The van der Waals surface area contributed by atoms with E-state index in [1.807, 2.05) is 7.05 Å². The van der Waals surface area contributed by atoms with Crippen LogP contribution in [0.1, 0.15) is 25.8 Å². The molecule has 16 heavy (non-hydrogen) atoms. The summed E-state index contributed by atoms with van der Waals surface area (Å²) in [4.78, 5) is 0. The molecule has 0 spiro atoms. The van der Waals surface area contributed by atoms with E-state index in [9.17, 15) is 0 Å². The summed E-state index contributed by atoms with van der Waals surface area (Å²) in [5.74, 6) is 0. The SMILES string of the molecule is CNC(CCOC(C)C)Cc1ccccc1. The molecule has 0 amide bonds. The van der Waals surface area contributed by atoms with Gasteiger partial charge in [-0.2, -0.15) is 0 Å². The molecule has 0 bridgehead atoms. The fourth-order valence-electron chi connectivity index (χ4n) is 1.69. The molecule has 2 nitrogen and oxygen atoms in total. The highest BCUT2D eigenvalue weighted by Crippen LogP contribution is 2.06. The molecule has 0 radical (unpaired) electrons. The van der Waals surface area contributed by atoms with Gasteiger partial charge in [-0.15, -0.1) is 0 Å². The Labute approximate surface area is 99.0 Å². The third-order valence-electron chi connectivity index (χ3n) is 2.65. The van der Waals surface area contributed by atoms with Crippen molar-refractivity contribution in [2.45, 2.75) is 38.8 Å². The molecule has 1 N–H and O–H groups in total. The van der Waals surface area contributed by atoms with Gasteiger partial charge in [-0.1, -0.05) is 30.3 Å². The Kier molecular flexibility index (Phi) is 6.12. The van der Waals surface area contributed by atoms with Crippen molar-refractivity contribution in [1.82, 2.24) is 5.32 Å². The first-order valence-electron chi connectivity index (χ1n) is 6.05. The number of nitrogens with one attached hydrogen (secondary N) is 1. The lowest BCUT2D eigenvalue weighted by Gasteiger charge is -2.17. The summed E-state index contributed by atoms with van der Waals surface area (Å²) in [5, 5.41) is 3.34. The van der Waals surface area contributed by atoms with E-state index in [1.165, 1.54) is 5.56 Å². The maximum atomic E-state index is 5.57. The molecule has 1 aromatic rings. The molecule has 0 aliphatic carbocycles. The minimum absolute atomic E-state index is 0.328. The second-order valence-corrected chi connectivity index (χ2v) is 4.38. The average molecular weight is 221 g/mol. The molecule has 1 atom stereocenters. The summed E-state index contributed by atoms with van der Waals surface area (Å²) in [6.45, 7) is 4.98. The third kappa shape index (κ3) is 5.29. The first-order valence-corrected chi connectivity index (χ1v) is 6.05. The summed E-state index contributed by atoms with van der Waals surface area (Å²) < 4.78 is 5.57. The van der Waals surface area contributed by atoms with E-state index >= 15 is 0 Å². The van der Waals surface area contributed by atoms with Gasteiger partial charge in [0.1, 0.15) is 0 Å². The van der Waals surface area contributed by atoms with Gasteiger partial charge in [0, 0.05) is 12.6 Å². The normalized spacial score (nSPS) is 13.0. The summed E-state index contributed by atoms with van der Waals surface area (Å²) in [6.07, 6.45) is 2.46. The Bertz CT molecular complexity index is 271. The average Bonchev–Trinajstić information content (AvgIpc) is 2.28. The highest BCUT2D eigenvalue weighted by molar-refractivity contribution is 5.15. The van der Waals surface area contributed by atoms with Crippen LogP contribution in [0.3, 0.4) is 0 Å². The van der Waals surface area contributed by atoms with E-state index < -0.39 is 0 Å². The zero-order valence-electron chi connectivity index (χ0n) is 10.6. The molecule has 0 heterocycles. The fourth-order valence-corrected chi connectivity index (χ4v) is 1.69. The fraction of sp³-hybridized carbons (Fsp3) is 0.571. The molecule has 1 rings (SSSR count). The quantitative estimate of drug-likeness (QED) is 0.764. The second kappa shape index (κ2) is 7.42. The molecule has 0 saturated carbocycles. The van der Waals surface area contributed by atoms with E-state index in [4.69, 9.17) is 4.74 Å². The predicted octanol–water partition coefficient (Wildman–Crippen LogP) is 2.63. The summed E-state index contributed by atoms with van der Waals surface area (Å²) in [7, 11) is 2.02. The van der Waals surface area contributed by atoms with Crippen molar-refractivity contribution in [3.05, 3.63) is 35.9 Å². The lowest BCUT2D eigenvalue weighted by atomic mass is 10.0. The smallest absolute Gasteiger partial charge is 0.0518 e. The molecular formula is C14H23NO. The summed E-state index contributed by atoms with van der Waals surface area (Å²) >= 11 is 0. The third-order valence-corrected chi connectivity index (χ3v) is 2.65. The molecule has 2 heteroatoms. The molecule has 0 aliphatic rings. The van der Waals surface area contributed by atoms with Crippen LogP contribution in [0.5, 0.6) is 0 Å². The maximum absolute atomic E-state index is 5.57. The highest BCUT2D eigenvalue weighted by atomic mass is 16.5. The van der Waals surface area contributed by atoms with Crippen molar-refractivity contribution in [2.24, 2.45) is 0 Å². The van der Waals surface area contributed by atoms with Crippen LogP contribution in [0.4, 0.5) is 0 Å². The minimum Gasteiger partial charge on any atom is -0.379 e. The molecule has 1 aromatic carbocycles. The van der Waals surface area contributed by atoms with Gasteiger partial charge in [-0.05, 0) is 39.3 Å². The standard InChI is InChI=1S/C14H23NO/c1-12(2)16-10-9-14(15-3)11-13-7-5-4-6-8-13/h4-8,12,14-15H,9-11H2,1-3H3. The van der Waals surface area contributed by atoms with Crippen LogP contribution >= 0.6 is 0 Å². The van der Waals surface area contributed by atoms with Gasteiger partial charge in [0.2, 0.25) is 0 Å². The van der Waals surface area contributed by atoms with Crippen molar-refractivity contribution in [1.29, 1.82) is 0 Å². The number of ether oxygens (including phenoxy) is 1. The van der Waals surface area contributed by atoms with Gasteiger partial charge in [0.25, 0.3) is 0 Å². The van der Waals surface area contributed by atoms with E-state index in [2.05, 4.69) is 49.5 Å². The van der Waals surface area contributed by atoms with Crippen molar-refractivity contribution in [3.63, 3.8) is 0 Å². The van der Waals surface area contributed by atoms with Crippen LogP contribution in [0, 0.1) is 0 Å². The van der Waals surface area contributed by atoms with E-state index in [-0.39, 0.29) is 0 Å². The summed E-state index contributed by atoms with van der Waals surface area (Å²) in [6, 6.07) is 11.1. The van der Waals surface area contributed by atoms with Gasteiger partial charge < -0.3 is 10.1 Å². The van der Waals surface area contributed by atoms with E-state index in [0.29, 0.717) is 12.1 Å². The first-order chi connectivity index (χ1) is 7.72. The van der Waals surface area contributed by atoms with Gasteiger partial charge in [-0.3, -0.25) is 0 Å². The number of likely N-dealkylation sites (N-methyl/N-ethyl adjacent to an activating group) is 1. The molecule has 90 valence electrons. The molecule has 0 saturated heterocycles. The van der Waals surface area contributed by atoms with Crippen molar-refractivity contribution in [3.8, 4) is 0 Å². The Hall–Kier alpha value is -0.860. The Morgan fingerprint density at radius 2 is 1.88 bits per heavy atom. The number of hydrogen-bond acceptors (Lipinski definition) is 2. The van der Waals surface area contributed by atoms with Crippen LogP contribution in [0.2, 0.25) is 0 Å². The van der Waals surface area contributed by atoms with Crippen LogP contribution in [-0.4, -0.2) is 25.8 Å². The topological polar surface area (TPSA) is 21.3 Å². The molecule has 0 aromatic heterocycles. The zero-order valence-corrected chi connectivity index (χ0v) is 10.6. The monoisotopic (exact) mass is 221 g/mol. The molecule has 1 unspecified atom stereocenters. The van der Waals surface area contributed by atoms with E-state index in [1.54, 1.807) is 0 Å². The van der Waals surface area contributed by atoms with Crippen LogP contribution in [-0.2, 0) is 11.2 Å². The van der Waals surface area contributed by atoms with Crippen molar-refractivity contribution >= 4 is 0 Å². The number of rotatable bonds is 7. The first kappa shape index (κ1) is 13.2. The Morgan fingerprint density at radius 1 is 1.19 bits per heavy atom. The van der Waals surface area contributed by atoms with Gasteiger partial charge in [0.15, 0.2) is 0 Å². The Balaban J connectivity index is 2.32. The van der Waals surface area contributed by atoms with Crippen LogP contribution < -0.4 is 5.32 Å². The summed E-state index contributed by atoms with van der Waals surface area (Å²) in [5.41, 5.74) is 1.38. The predicted molar refractivity (Wildman–Crippen MR) is 68.7 cm³/mol. The number of benzene rings is 1. The second-order valence-electron chi connectivity index (χ2n) is 4.38. The highest BCUT2D eigenvalue weighted by Gasteiger charge is 2.07. The largest absolute Gasteiger partial charge is 0.379 e. The van der Waals surface area contributed by atoms with Gasteiger partial charge >= 0.3 is 0 Å². The molecule has 0 fully saturated rings. The van der Waals surface area contributed by atoms with E-state index in [0.717, 1.165) is 19.4 Å². The lowest BCUT2D eigenvalue weighted by Crippen LogP contribution is -2.29. The lowest BCUT2D eigenvalue weighted by molar-refractivity contribution is 0.0720. The molecular weight excluding hydrogens is 198 g/mol. The Morgan fingerprint density at radius 3 is 2.44 bits per heavy atom. The van der Waals surface area contributed by atoms with Crippen LogP contribution in [0.25, 0.3) is 0 Å².